The van der Waals surface area contributed by atoms with E-state index in [0.29, 0.717) is 0 Å². The second-order valence-corrected chi connectivity index (χ2v) is 34.5. The second kappa shape index (κ2) is 5.82. The first-order valence-corrected chi connectivity index (χ1v) is 22.1. The zero-order valence-electron chi connectivity index (χ0n) is 12.5. The van der Waals surface area contributed by atoms with Crippen LogP contribution in [0.5, 0.6) is 0 Å². The van der Waals surface area contributed by atoms with E-state index in [-0.39, 0.29) is 5.48 Å². The third-order valence-corrected chi connectivity index (χ3v) is 56.3. The van der Waals surface area contributed by atoms with Crippen molar-refractivity contribution >= 4 is 54.5 Å². The van der Waals surface area contributed by atoms with Crippen molar-refractivity contribution in [3.05, 3.63) is 0 Å². The molecule has 0 heterocycles. The molecular weight excluding hydrogens is 371 g/mol. The van der Waals surface area contributed by atoms with E-state index in [1.165, 1.54) is 0 Å². The van der Waals surface area contributed by atoms with Crippen molar-refractivity contribution in [1.29, 1.82) is 0 Å². The Morgan fingerprint density at radius 3 is 0.875 bits per heavy atom. The molecule has 0 amide bonds. The van der Waals surface area contributed by atoms with Crippen molar-refractivity contribution in [2.75, 3.05) is 0 Å². The quantitative estimate of drug-likeness (QED) is 0.644. The first-order chi connectivity index (χ1) is 6.31. The van der Waals surface area contributed by atoms with E-state index in [1.54, 1.807) is 0 Å². The van der Waals surface area contributed by atoms with Crippen molar-refractivity contribution in [1.82, 2.24) is 0 Å². The summed E-state index contributed by atoms with van der Waals surface area (Å²) >= 11 is -0.924. The Morgan fingerprint density at radius 2 is 0.875 bits per heavy atom. The Hall–Kier alpha value is 1.77. The van der Waals surface area contributed by atoms with Crippen molar-refractivity contribution in [2.24, 2.45) is 0 Å². The Morgan fingerprint density at radius 1 is 0.688 bits per heavy atom. The van der Waals surface area contributed by atoms with Crippen molar-refractivity contribution in [3.63, 3.8) is 0 Å². The predicted molar refractivity (Wildman–Crippen MR) is 88.0 cm³/mol. The molecule has 0 aliphatic carbocycles. The molecule has 2 N–H and O–H groups in total. The molecule has 0 aliphatic heterocycles. The van der Waals surface area contributed by atoms with Crippen LogP contribution < -0.4 is 0 Å². The molecule has 0 fully saturated rings. The second-order valence-electron chi connectivity index (χ2n) is 7.67. The van der Waals surface area contributed by atoms with Crippen molar-refractivity contribution < 1.29 is 5.48 Å². The van der Waals surface area contributed by atoms with Crippen molar-refractivity contribution in [2.45, 2.75) is 61.0 Å². The number of halogens is 1. The molecule has 0 aromatic rings. The summed E-state index contributed by atoms with van der Waals surface area (Å²) in [7, 11) is 3.28. The smallest absolute Gasteiger partial charge is 0.412 e. The normalized spacial score (nSPS) is 14.4. The molecule has 1 nitrogen and oxygen atoms in total. The van der Waals surface area contributed by atoms with Gasteiger partial charge in [-0.15, -0.1) is 0 Å². The molecule has 0 unspecified atom stereocenters. The largest absolute Gasteiger partial charge is 0.412 e. The summed E-state index contributed by atoms with van der Waals surface area (Å²) in [5.41, 5.74) is 0. The van der Waals surface area contributed by atoms with E-state index in [1.807, 2.05) is 0 Å². The Kier molecular flexibility index (Phi) is 7.31. The van der Waals surface area contributed by atoms with Gasteiger partial charge in [-0.1, -0.05) is 0 Å². The van der Waals surface area contributed by atoms with Gasteiger partial charge in [-0.2, -0.15) is 0 Å². The minimum Gasteiger partial charge on any atom is -0.412 e. The average Bonchev–Trinajstić information content (AvgIpc) is 1.76. The van der Waals surface area contributed by atoms with Gasteiger partial charge in [0, 0.05) is 0 Å². The zero-order valence-corrected chi connectivity index (χ0v) is 19.5. The number of rotatable bonds is 4. The van der Waals surface area contributed by atoms with Gasteiger partial charge in [0.25, 0.3) is 0 Å². The van der Waals surface area contributed by atoms with E-state index >= 15 is 0 Å². The van der Waals surface area contributed by atoms with Gasteiger partial charge in [-0.3, -0.25) is 0 Å². The van der Waals surface area contributed by atoms with Gasteiger partial charge in [0.2, 0.25) is 0 Å². The van der Waals surface area contributed by atoms with Gasteiger partial charge in [0.05, 0.1) is 0 Å². The maximum atomic E-state index is 6.67. The van der Waals surface area contributed by atoms with Gasteiger partial charge < -0.3 is 5.48 Å². The Bertz CT molecular complexity index is 192. The van der Waals surface area contributed by atoms with Crippen molar-refractivity contribution in [3.8, 4) is 0 Å². The summed E-state index contributed by atoms with van der Waals surface area (Å²) < 4.78 is 0.726. The molecule has 0 saturated carbocycles. The summed E-state index contributed by atoms with van der Waals surface area (Å²) in [5.74, 6) is 0. The molecule has 0 aromatic heterocycles. The SMILES string of the molecule is C[Si](C)(C)[C]([In][Cl])([Si](C)(C)C)[Si](C)(C)C.O. The van der Waals surface area contributed by atoms with Crippen LogP contribution in [-0.4, -0.2) is 51.4 Å². The standard InChI is InChI=1S/C10H27Si3.ClH.In.H2O/c1-11(2,3)10(12(4,5)6)13(7,8)9;;;/h1-9H3;1H;;1H2/q;;+1;/p-1. The van der Waals surface area contributed by atoms with Gasteiger partial charge in [-0.25, -0.2) is 0 Å². The molecule has 0 bridgehead atoms. The topological polar surface area (TPSA) is 31.5 Å². The van der Waals surface area contributed by atoms with Crippen LogP contribution in [0.2, 0.25) is 61.0 Å². The Balaban J connectivity index is 0. The van der Waals surface area contributed by atoms with Crippen LogP contribution in [0.1, 0.15) is 0 Å². The number of hydrogen-bond acceptors (Lipinski definition) is 0. The molecule has 0 atom stereocenters. The van der Waals surface area contributed by atoms with Gasteiger partial charge in [0.15, 0.2) is 0 Å². The van der Waals surface area contributed by atoms with Crippen LogP contribution in [0.25, 0.3) is 0 Å². The van der Waals surface area contributed by atoms with Crippen LogP contribution in [-0.2, 0) is 0 Å². The summed E-state index contributed by atoms with van der Waals surface area (Å²) in [6.45, 7) is 23.1. The fourth-order valence-electron chi connectivity index (χ4n) is 3.87. The number of hydrogen-bond donors (Lipinski definition) is 0. The molecule has 0 aliphatic rings. The summed E-state index contributed by atoms with van der Waals surface area (Å²) in [4.78, 5) is 0. The predicted octanol–water partition coefficient (Wildman–Crippen LogP) is 3.81. The minimum absolute atomic E-state index is 0. The fraction of sp³-hybridized carbons (Fsp3) is 1.00. The summed E-state index contributed by atoms with van der Waals surface area (Å²) in [6.07, 6.45) is 0. The van der Waals surface area contributed by atoms with Gasteiger partial charge in [0.1, 0.15) is 0 Å². The van der Waals surface area contributed by atoms with E-state index < -0.39 is 45.9 Å². The van der Waals surface area contributed by atoms with Crippen LogP contribution in [0.15, 0.2) is 0 Å². The summed E-state index contributed by atoms with van der Waals surface area (Å²) in [6, 6.07) is 0. The van der Waals surface area contributed by atoms with E-state index in [0.717, 1.165) is 2.04 Å². The van der Waals surface area contributed by atoms with Crippen LogP contribution in [0.3, 0.4) is 0 Å². The maximum absolute atomic E-state index is 6.67. The van der Waals surface area contributed by atoms with E-state index in [2.05, 4.69) is 58.9 Å². The molecule has 0 aromatic carbocycles. The van der Waals surface area contributed by atoms with Crippen LogP contribution in [0.4, 0.5) is 0 Å². The van der Waals surface area contributed by atoms with E-state index in [4.69, 9.17) is 8.58 Å². The maximum Gasteiger partial charge on any atom is -0.412 e. The average molecular weight is 400 g/mol. The monoisotopic (exact) mass is 399 g/mol. The molecule has 0 saturated heterocycles. The molecule has 6 heteroatoms. The first kappa shape index (κ1) is 20.1. The molecule has 16 heavy (non-hydrogen) atoms. The van der Waals surface area contributed by atoms with Crippen LogP contribution in [0, 0.1) is 0 Å². The Labute approximate surface area is 120 Å². The first-order valence-electron chi connectivity index (χ1n) is 5.76. The molecular formula is C10H29ClInOSi3. The molecule has 97 valence electrons. The summed E-state index contributed by atoms with van der Waals surface area (Å²) in [5, 5.41) is 0. The van der Waals surface area contributed by atoms with E-state index in [9.17, 15) is 0 Å². The van der Waals surface area contributed by atoms with Gasteiger partial charge in [-0.05, 0) is 0 Å². The molecule has 1 radical (unpaired) electrons. The zero-order chi connectivity index (χ0) is 12.7. The van der Waals surface area contributed by atoms with Crippen LogP contribution >= 0.6 is 8.58 Å². The van der Waals surface area contributed by atoms with Gasteiger partial charge >= 0.3 is 115 Å². The molecule has 0 rings (SSSR count). The molecule has 0 spiro atoms. The third kappa shape index (κ3) is 3.41. The minimum atomic E-state index is -1.13. The third-order valence-electron chi connectivity index (χ3n) is 3.71. The fourth-order valence-corrected chi connectivity index (χ4v) is 60.0.